The molecule has 0 fully saturated rings. The Balaban J connectivity index is 1.71. The van der Waals surface area contributed by atoms with Crippen LogP contribution in [0.3, 0.4) is 0 Å². The lowest BCUT2D eigenvalue weighted by Gasteiger charge is -2.41. The predicted molar refractivity (Wildman–Crippen MR) is 227 cm³/mol. The first-order valence-electron chi connectivity index (χ1n) is 20.2. The van der Waals surface area contributed by atoms with Gasteiger partial charge in [-0.05, 0) is 73.5 Å². The highest BCUT2D eigenvalue weighted by Crippen LogP contribution is 2.41. The average Bonchev–Trinajstić information content (AvgIpc) is 3.57. The number of aromatic nitrogens is 1. The molecule has 3 amide bonds. The highest BCUT2D eigenvalue weighted by molar-refractivity contribution is 6.76. The number of benzene rings is 2. The van der Waals surface area contributed by atoms with Crippen LogP contribution in [0.15, 0.2) is 60.8 Å². The number of nitrogens with one attached hydrogen (secondary N) is 2. The maximum atomic E-state index is 15.1. The lowest BCUT2D eigenvalue weighted by atomic mass is 9.82. The number of unbranched alkanes of at least 4 members (excludes halogenated alkanes) is 1. The van der Waals surface area contributed by atoms with Crippen LogP contribution in [0.4, 0.5) is 13.6 Å². The Morgan fingerprint density at radius 1 is 0.983 bits per heavy atom. The first-order chi connectivity index (χ1) is 28.2. The van der Waals surface area contributed by atoms with Crippen LogP contribution in [0.5, 0.6) is 0 Å². The second kappa shape index (κ2) is 23.1. The van der Waals surface area contributed by atoms with Crippen LogP contribution in [-0.2, 0) is 35.2 Å². The Bertz CT molecular complexity index is 1900. The van der Waals surface area contributed by atoms with Gasteiger partial charge in [-0.2, -0.15) is 0 Å². The fourth-order valence-corrected chi connectivity index (χ4v) is 7.25. The zero-order valence-corrected chi connectivity index (χ0v) is 36.6. The summed E-state index contributed by atoms with van der Waals surface area (Å²) < 4.78 is 41.5. The Hall–Kier alpha value is -4.97. The summed E-state index contributed by atoms with van der Waals surface area (Å²) in [5.74, 6) is -4.43. The van der Waals surface area contributed by atoms with Crippen molar-refractivity contribution in [2.45, 2.75) is 103 Å². The summed E-state index contributed by atoms with van der Waals surface area (Å²) >= 11 is 0. The zero-order chi connectivity index (χ0) is 44.6. The van der Waals surface area contributed by atoms with Crippen LogP contribution < -0.4 is 22.1 Å². The Morgan fingerprint density at radius 2 is 1.68 bits per heavy atom. The molecule has 0 unspecified atom stereocenters. The molecule has 1 heterocycles. The van der Waals surface area contributed by atoms with Crippen molar-refractivity contribution >= 4 is 37.9 Å². The number of aliphatic hydroxyl groups is 1. The second-order valence-corrected chi connectivity index (χ2v) is 22.7. The number of hydrogen-bond acceptors (Lipinski definition) is 10. The van der Waals surface area contributed by atoms with E-state index < -0.39 is 79.7 Å². The molecule has 1 aromatic heterocycles. The summed E-state index contributed by atoms with van der Waals surface area (Å²) in [6, 6.07) is 12.0. The Morgan fingerprint density at radius 3 is 2.32 bits per heavy atom. The number of hydrogen-bond donors (Lipinski definition) is 5. The van der Waals surface area contributed by atoms with Crippen molar-refractivity contribution in [3.05, 3.63) is 83.7 Å². The van der Waals surface area contributed by atoms with Crippen molar-refractivity contribution in [2.75, 3.05) is 32.8 Å². The number of carbonyl (C=O) groups excluding carboxylic acids is 5. The van der Waals surface area contributed by atoms with E-state index in [1.54, 1.807) is 12.3 Å². The van der Waals surface area contributed by atoms with Gasteiger partial charge in [-0.15, -0.1) is 0 Å². The minimum Gasteiger partial charge on any atom is -0.450 e. The van der Waals surface area contributed by atoms with Crippen LogP contribution in [0.25, 0.3) is 11.1 Å². The molecule has 3 rings (SSSR count). The molecule has 3 atom stereocenters. The molecule has 0 radical (unpaired) electrons. The van der Waals surface area contributed by atoms with Crippen molar-refractivity contribution in [1.82, 2.24) is 20.1 Å². The van der Waals surface area contributed by atoms with Crippen molar-refractivity contribution in [3.63, 3.8) is 0 Å². The number of esters is 2. The van der Waals surface area contributed by atoms with E-state index in [1.165, 1.54) is 4.90 Å². The fraction of sp³-hybridized carbons (Fsp3) is 0.512. The van der Waals surface area contributed by atoms with E-state index in [1.807, 2.05) is 55.7 Å². The smallest absolute Gasteiger partial charge is 0.407 e. The largest absolute Gasteiger partial charge is 0.450 e. The summed E-state index contributed by atoms with van der Waals surface area (Å²) in [5, 5.41) is 15.1. The lowest BCUT2D eigenvalue weighted by Crippen LogP contribution is -2.47. The topological polar surface area (TPSA) is 208 Å². The summed E-state index contributed by atoms with van der Waals surface area (Å²) in [6.45, 7) is 11.8. The van der Waals surface area contributed by atoms with E-state index in [9.17, 15) is 33.5 Å². The van der Waals surface area contributed by atoms with Gasteiger partial charge in [-0.25, -0.2) is 18.4 Å². The predicted octanol–water partition coefficient (Wildman–Crippen LogP) is 5.25. The third kappa shape index (κ3) is 15.9. The van der Waals surface area contributed by atoms with E-state index in [-0.39, 0.29) is 44.5 Å². The highest BCUT2D eigenvalue weighted by Gasteiger charge is 2.37. The number of halogens is 2. The van der Waals surface area contributed by atoms with Gasteiger partial charge in [0, 0.05) is 50.7 Å². The standard InChI is InChI=1S/C43H62F2N6O8Si/c1-43(2,3)39(36-24-30(32-25-31(44)15-16-33(32)45)27-50(36)26-29-12-8-7-9-13-29)51(37(53)28-52)21-18-34(47)40(55)48-20-17-38(54)59-41(56)35(14-10-11-19-46)49-42(57)58-22-23-60(4,5)6/h7-9,12-13,15-16,24-25,27,34-35,39,52H,10-11,14,17-23,26,28,46-47H2,1-6H3,(H,48,55)(H,49,57)/t34-,35-,39-/m0/s1. The molecular formula is C43H62F2N6O8Si. The summed E-state index contributed by atoms with van der Waals surface area (Å²) in [5.41, 5.74) is 13.1. The fourth-order valence-electron chi connectivity index (χ4n) is 6.54. The molecule has 0 aliphatic heterocycles. The molecule has 0 saturated heterocycles. The first kappa shape index (κ1) is 49.4. The van der Waals surface area contributed by atoms with E-state index in [0.717, 1.165) is 29.8 Å². The number of alkyl carbamates (subject to hydrolysis) is 1. The SMILES string of the molecule is CC(C)(C)[C@H](c1cc(-c2cc(F)ccc2F)cn1Cc1ccccc1)N(CC[C@H](N)C(=O)NCCC(=O)OC(=O)[C@H](CCCCN)NC(=O)OCC[Si](C)(C)C)C(=O)CO. The molecule has 0 aliphatic rings. The molecule has 2 aromatic carbocycles. The van der Waals surface area contributed by atoms with Crippen molar-refractivity contribution in [1.29, 1.82) is 0 Å². The summed E-state index contributed by atoms with van der Waals surface area (Å²) in [4.78, 5) is 65.9. The number of nitrogens with zero attached hydrogens (tertiary/aromatic N) is 2. The van der Waals surface area contributed by atoms with Gasteiger partial charge in [0.15, 0.2) is 0 Å². The molecule has 0 saturated carbocycles. The van der Waals surface area contributed by atoms with Gasteiger partial charge in [0.05, 0.1) is 25.1 Å². The molecule has 3 aromatic rings. The van der Waals surface area contributed by atoms with E-state index in [0.29, 0.717) is 37.2 Å². The maximum Gasteiger partial charge on any atom is 0.407 e. The normalized spacial score (nSPS) is 13.2. The molecule has 330 valence electrons. The van der Waals surface area contributed by atoms with Gasteiger partial charge < -0.3 is 46.1 Å². The molecule has 0 bridgehead atoms. The molecular weight excluding hydrogens is 795 g/mol. The van der Waals surface area contributed by atoms with Crippen LogP contribution in [0, 0.1) is 17.0 Å². The minimum absolute atomic E-state index is 0.0367. The van der Waals surface area contributed by atoms with Gasteiger partial charge in [0.1, 0.15) is 24.3 Å². The maximum absolute atomic E-state index is 15.1. The van der Waals surface area contributed by atoms with Gasteiger partial charge in [0.2, 0.25) is 11.8 Å². The van der Waals surface area contributed by atoms with E-state index in [4.69, 9.17) is 20.9 Å². The zero-order valence-electron chi connectivity index (χ0n) is 35.6. The summed E-state index contributed by atoms with van der Waals surface area (Å²) in [7, 11) is -1.47. The number of nitrogens with two attached hydrogens (primary N) is 2. The van der Waals surface area contributed by atoms with E-state index >= 15 is 4.39 Å². The number of ether oxygens (including phenoxy) is 2. The van der Waals surface area contributed by atoms with Gasteiger partial charge in [-0.3, -0.25) is 14.4 Å². The molecule has 17 heteroatoms. The summed E-state index contributed by atoms with van der Waals surface area (Å²) in [6.07, 6.45) is 1.71. The molecule has 60 heavy (non-hydrogen) atoms. The van der Waals surface area contributed by atoms with Crippen LogP contribution >= 0.6 is 0 Å². The van der Waals surface area contributed by atoms with Gasteiger partial charge in [0.25, 0.3) is 0 Å². The minimum atomic E-state index is -1.47. The Labute approximate surface area is 352 Å². The average molecular weight is 857 g/mol. The lowest BCUT2D eigenvalue weighted by molar-refractivity contribution is -0.161. The van der Waals surface area contributed by atoms with Crippen LogP contribution in [0.1, 0.15) is 70.2 Å². The monoisotopic (exact) mass is 856 g/mol. The third-order valence-electron chi connectivity index (χ3n) is 9.70. The molecule has 7 N–H and O–H groups in total. The Kier molecular flexibility index (Phi) is 19.0. The number of aliphatic hydroxyl groups excluding tert-OH is 1. The third-order valence-corrected chi connectivity index (χ3v) is 11.4. The van der Waals surface area contributed by atoms with E-state index in [2.05, 4.69) is 30.3 Å². The van der Waals surface area contributed by atoms with Crippen molar-refractivity contribution in [2.24, 2.45) is 16.9 Å². The number of amides is 3. The quantitative estimate of drug-likeness (QED) is 0.0384. The van der Waals surface area contributed by atoms with Crippen LogP contribution in [0.2, 0.25) is 25.7 Å². The highest BCUT2D eigenvalue weighted by atomic mass is 28.3. The van der Waals surface area contributed by atoms with Crippen molar-refractivity contribution in [3.8, 4) is 11.1 Å². The number of rotatable bonds is 22. The second-order valence-electron chi connectivity index (χ2n) is 17.1. The molecule has 0 aliphatic carbocycles. The number of carbonyl (C=O) groups is 5. The van der Waals surface area contributed by atoms with Crippen molar-refractivity contribution < 1.29 is 47.3 Å². The van der Waals surface area contributed by atoms with Crippen LogP contribution in [-0.4, -0.2) is 97.4 Å². The molecule has 0 spiro atoms. The van der Waals surface area contributed by atoms with Gasteiger partial charge >= 0.3 is 18.0 Å². The first-order valence-corrected chi connectivity index (χ1v) is 24.0. The molecule has 14 nitrogen and oxygen atoms in total. The van der Waals surface area contributed by atoms with Gasteiger partial charge in [-0.1, -0.05) is 70.7 Å².